The summed E-state index contributed by atoms with van der Waals surface area (Å²) in [6.07, 6.45) is 4.18. The highest BCUT2D eigenvalue weighted by molar-refractivity contribution is 7.97. The van der Waals surface area contributed by atoms with Crippen LogP contribution in [0.1, 0.15) is 28.8 Å². The summed E-state index contributed by atoms with van der Waals surface area (Å²) >= 11 is 1.75. The smallest absolute Gasteiger partial charge is 0.319 e. The molecule has 1 aliphatic rings. The van der Waals surface area contributed by atoms with E-state index < -0.39 is 0 Å². The van der Waals surface area contributed by atoms with E-state index in [1.54, 1.807) is 36.0 Å². The molecular formula is C21H25N3O3S. The van der Waals surface area contributed by atoms with E-state index in [0.717, 1.165) is 25.2 Å². The molecule has 6 nitrogen and oxygen atoms in total. The molecule has 1 saturated heterocycles. The molecule has 0 aromatic heterocycles. The lowest BCUT2D eigenvalue weighted by Crippen LogP contribution is -2.35. The Morgan fingerprint density at radius 3 is 2.32 bits per heavy atom. The van der Waals surface area contributed by atoms with Crippen LogP contribution < -0.4 is 16.0 Å². The van der Waals surface area contributed by atoms with E-state index in [-0.39, 0.29) is 18.0 Å². The molecule has 0 aliphatic carbocycles. The maximum Gasteiger partial charge on any atom is 0.319 e. The average molecular weight is 400 g/mol. The molecule has 7 heteroatoms. The summed E-state index contributed by atoms with van der Waals surface area (Å²) in [6, 6.07) is 14.3. The molecule has 1 atom stereocenters. The fraction of sp³-hybridized carbons (Fsp3) is 0.333. The van der Waals surface area contributed by atoms with Crippen molar-refractivity contribution in [3.8, 4) is 0 Å². The van der Waals surface area contributed by atoms with E-state index in [0.29, 0.717) is 23.5 Å². The molecule has 3 rings (SSSR count). The third kappa shape index (κ3) is 6.00. The van der Waals surface area contributed by atoms with Crippen molar-refractivity contribution in [1.82, 2.24) is 5.32 Å². The predicted octanol–water partition coefficient (Wildman–Crippen LogP) is 4.10. The Bertz CT molecular complexity index is 788. The second-order valence-electron chi connectivity index (χ2n) is 6.63. The van der Waals surface area contributed by atoms with Gasteiger partial charge in [-0.1, -0.05) is 12.1 Å². The molecule has 2 aromatic rings. The zero-order chi connectivity index (χ0) is 19.8. The number of hydrogen-bond acceptors (Lipinski definition) is 4. The highest BCUT2D eigenvalue weighted by Gasteiger charge is 2.16. The van der Waals surface area contributed by atoms with E-state index in [9.17, 15) is 9.59 Å². The number of hydrogen-bond donors (Lipinski definition) is 3. The van der Waals surface area contributed by atoms with Gasteiger partial charge >= 0.3 is 6.03 Å². The number of amides is 3. The number of carbonyl (C=O) groups excluding carboxylic acids is 2. The van der Waals surface area contributed by atoms with Crippen molar-refractivity contribution in [3.63, 3.8) is 0 Å². The molecular weight excluding hydrogens is 374 g/mol. The number of thioether (sulfide) groups is 1. The summed E-state index contributed by atoms with van der Waals surface area (Å²) in [4.78, 5) is 24.3. The summed E-state index contributed by atoms with van der Waals surface area (Å²) in [5.74, 6) is 0.767. The van der Waals surface area contributed by atoms with Crippen LogP contribution in [0.15, 0.2) is 48.5 Å². The molecule has 0 spiro atoms. The van der Waals surface area contributed by atoms with Crippen LogP contribution >= 0.6 is 11.8 Å². The second-order valence-corrected chi connectivity index (χ2v) is 7.50. The minimum atomic E-state index is -0.266. The monoisotopic (exact) mass is 399 g/mol. The van der Waals surface area contributed by atoms with Gasteiger partial charge < -0.3 is 20.7 Å². The van der Waals surface area contributed by atoms with Gasteiger partial charge in [-0.15, -0.1) is 0 Å². The summed E-state index contributed by atoms with van der Waals surface area (Å²) in [5, 5.41) is 8.45. The van der Waals surface area contributed by atoms with Gasteiger partial charge in [0.05, 0.1) is 6.10 Å². The van der Waals surface area contributed by atoms with Crippen LogP contribution in [-0.2, 0) is 10.5 Å². The lowest BCUT2D eigenvalue weighted by molar-refractivity contribution is 0.102. The molecule has 1 heterocycles. The lowest BCUT2D eigenvalue weighted by Gasteiger charge is -2.12. The van der Waals surface area contributed by atoms with Crippen LogP contribution in [0.3, 0.4) is 0 Å². The first-order chi connectivity index (χ1) is 13.6. The van der Waals surface area contributed by atoms with Crippen molar-refractivity contribution in [1.29, 1.82) is 0 Å². The van der Waals surface area contributed by atoms with E-state index in [1.165, 1.54) is 5.56 Å². The predicted molar refractivity (Wildman–Crippen MR) is 114 cm³/mol. The zero-order valence-electron chi connectivity index (χ0n) is 15.9. The molecule has 3 N–H and O–H groups in total. The minimum Gasteiger partial charge on any atom is -0.376 e. The minimum absolute atomic E-state index is 0.109. The fourth-order valence-electron chi connectivity index (χ4n) is 2.95. The van der Waals surface area contributed by atoms with Gasteiger partial charge in [0.15, 0.2) is 0 Å². The van der Waals surface area contributed by atoms with Crippen LogP contribution in [0, 0.1) is 0 Å². The van der Waals surface area contributed by atoms with Crippen LogP contribution in [0.5, 0.6) is 0 Å². The van der Waals surface area contributed by atoms with Gasteiger partial charge in [-0.2, -0.15) is 11.8 Å². The van der Waals surface area contributed by atoms with E-state index in [4.69, 9.17) is 4.74 Å². The topological polar surface area (TPSA) is 79.5 Å². The first-order valence-electron chi connectivity index (χ1n) is 9.30. The standard InChI is InChI=1S/C21H25N3O3S/c1-28-14-15-4-6-16(7-5-15)20(25)23-17-8-10-18(11-9-17)24-21(26)22-13-19-3-2-12-27-19/h4-11,19H,2-3,12-14H2,1H3,(H,23,25)(H2,22,24,26). The van der Waals surface area contributed by atoms with Crippen molar-refractivity contribution in [3.05, 3.63) is 59.7 Å². The summed E-state index contributed by atoms with van der Waals surface area (Å²) in [5.41, 5.74) is 3.13. The molecule has 2 aromatic carbocycles. The van der Waals surface area contributed by atoms with Crippen molar-refractivity contribution in [2.45, 2.75) is 24.7 Å². The van der Waals surface area contributed by atoms with Crippen LogP contribution in [0.2, 0.25) is 0 Å². The van der Waals surface area contributed by atoms with Crippen molar-refractivity contribution in [2.24, 2.45) is 0 Å². The SMILES string of the molecule is CSCc1ccc(C(=O)Nc2ccc(NC(=O)NCC3CCCO3)cc2)cc1. The maximum atomic E-state index is 12.3. The molecule has 1 unspecified atom stereocenters. The van der Waals surface area contributed by atoms with Crippen LogP contribution in [0.4, 0.5) is 16.2 Å². The zero-order valence-corrected chi connectivity index (χ0v) is 16.7. The molecule has 28 heavy (non-hydrogen) atoms. The van der Waals surface area contributed by atoms with Gasteiger partial charge in [-0.3, -0.25) is 4.79 Å². The van der Waals surface area contributed by atoms with E-state index in [1.807, 2.05) is 30.5 Å². The molecule has 0 radical (unpaired) electrons. The number of carbonyl (C=O) groups is 2. The third-order valence-electron chi connectivity index (χ3n) is 4.44. The lowest BCUT2D eigenvalue weighted by atomic mass is 10.1. The van der Waals surface area contributed by atoms with E-state index >= 15 is 0 Å². The molecule has 0 saturated carbocycles. The van der Waals surface area contributed by atoms with Crippen LogP contribution in [-0.4, -0.2) is 37.4 Å². The molecule has 1 fully saturated rings. The Labute approximate surface area is 169 Å². The largest absolute Gasteiger partial charge is 0.376 e. The Morgan fingerprint density at radius 2 is 1.71 bits per heavy atom. The van der Waals surface area contributed by atoms with E-state index in [2.05, 4.69) is 16.0 Å². The Hall–Kier alpha value is -2.51. The van der Waals surface area contributed by atoms with Gasteiger partial charge in [-0.05, 0) is 61.1 Å². The van der Waals surface area contributed by atoms with Gasteiger partial charge in [0, 0.05) is 35.8 Å². The van der Waals surface area contributed by atoms with Gasteiger partial charge in [0.2, 0.25) is 0 Å². The number of urea groups is 1. The first kappa shape index (κ1) is 20.2. The number of benzene rings is 2. The van der Waals surface area contributed by atoms with Crippen molar-refractivity contribution in [2.75, 3.05) is 30.0 Å². The molecule has 1 aliphatic heterocycles. The van der Waals surface area contributed by atoms with Gasteiger partial charge in [-0.25, -0.2) is 4.79 Å². The first-order valence-corrected chi connectivity index (χ1v) is 10.7. The van der Waals surface area contributed by atoms with Crippen LogP contribution in [0.25, 0.3) is 0 Å². The number of anilines is 2. The Balaban J connectivity index is 1.47. The maximum absolute atomic E-state index is 12.3. The quantitative estimate of drug-likeness (QED) is 0.655. The van der Waals surface area contributed by atoms with Gasteiger partial charge in [0.1, 0.15) is 0 Å². The van der Waals surface area contributed by atoms with Crippen molar-refractivity contribution < 1.29 is 14.3 Å². The summed E-state index contributed by atoms with van der Waals surface area (Å²) in [7, 11) is 0. The molecule has 3 amide bonds. The molecule has 0 bridgehead atoms. The average Bonchev–Trinajstić information content (AvgIpc) is 3.22. The summed E-state index contributed by atoms with van der Waals surface area (Å²) < 4.78 is 5.48. The molecule has 148 valence electrons. The Morgan fingerprint density at radius 1 is 1.04 bits per heavy atom. The number of nitrogens with one attached hydrogen (secondary N) is 3. The number of ether oxygens (including phenoxy) is 1. The second kappa shape index (κ2) is 10.1. The number of rotatable bonds is 7. The summed E-state index contributed by atoms with van der Waals surface area (Å²) in [6.45, 7) is 1.28. The van der Waals surface area contributed by atoms with Crippen molar-refractivity contribution >= 4 is 35.1 Å². The normalized spacial score (nSPS) is 15.8. The fourth-order valence-corrected chi connectivity index (χ4v) is 3.47. The Kier molecular flexibility index (Phi) is 7.33. The highest BCUT2D eigenvalue weighted by Crippen LogP contribution is 2.16. The van der Waals surface area contributed by atoms with Gasteiger partial charge in [0.25, 0.3) is 5.91 Å². The highest BCUT2D eigenvalue weighted by atomic mass is 32.2. The third-order valence-corrected chi connectivity index (χ3v) is 5.06.